The summed E-state index contributed by atoms with van der Waals surface area (Å²) in [4.78, 5) is 23.6. The molecule has 5 nitrogen and oxygen atoms in total. The summed E-state index contributed by atoms with van der Waals surface area (Å²) < 4.78 is 57.4. The molecule has 0 amide bonds. The number of carbonyl (C=O) groups excluding carboxylic acids is 1. The van der Waals surface area contributed by atoms with Gasteiger partial charge in [-0.25, -0.2) is 22.5 Å². The van der Waals surface area contributed by atoms with Crippen LogP contribution < -0.4 is 5.73 Å². The predicted octanol–water partition coefficient (Wildman–Crippen LogP) is 3.59. The van der Waals surface area contributed by atoms with Crippen LogP contribution in [0.25, 0.3) is 22.2 Å². The molecule has 0 fully saturated rings. The zero-order valence-electron chi connectivity index (χ0n) is 14.2. The van der Waals surface area contributed by atoms with Crippen LogP contribution in [-0.4, -0.2) is 38.6 Å². The maximum atomic E-state index is 14.4. The van der Waals surface area contributed by atoms with Gasteiger partial charge in [0, 0.05) is 46.9 Å². The van der Waals surface area contributed by atoms with E-state index >= 15 is 0 Å². The van der Waals surface area contributed by atoms with Crippen LogP contribution >= 0.6 is 0 Å². The second-order valence-electron chi connectivity index (χ2n) is 6.60. The number of halogens is 4. The highest BCUT2D eigenvalue weighted by molar-refractivity contribution is 6.09. The maximum Gasteiger partial charge on any atom is 0.282 e. The molecule has 144 valence electrons. The Morgan fingerprint density at radius 3 is 2.68 bits per heavy atom. The quantitative estimate of drug-likeness (QED) is 0.407. The first-order valence-corrected chi connectivity index (χ1v) is 8.34. The molecule has 0 bridgehead atoms. The second-order valence-corrected chi connectivity index (χ2v) is 6.60. The van der Waals surface area contributed by atoms with Gasteiger partial charge >= 0.3 is 0 Å². The minimum Gasteiger partial charge on any atom is -0.345 e. The number of nitrogens with zero attached hydrogens (tertiary/aromatic N) is 2. The van der Waals surface area contributed by atoms with Crippen LogP contribution in [-0.2, 0) is 0 Å². The summed E-state index contributed by atoms with van der Waals surface area (Å²) in [5.74, 6) is -12.4. The average molecular weight is 390 g/mol. The molecule has 9 heteroatoms. The first-order valence-electron chi connectivity index (χ1n) is 8.34. The number of alkyl halides is 4. The third-order valence-corrected chi connectivity index (χ3v) is 4.79. The van der Waals surface area contributed by atoms with Crippen LogP contribution in [0.15, 0.2) is 55.1 Å². The summed E-state index contributed by atoms with van der Waals surface area (Å²) in [6.45, 7) is 0. The molecule has 1 aliphatic carbocycles. The highest BCUT2D eigenvalue weighted by Gasteiger charge is 2.62. The Balaban J connectivity index is 1.83. The fourth-order valence-electron chi connectivity index (χ4n) is 3.31. The van der Waals surface area contributed by atoms with E-state index in [0.29, 0.717) is 17.2 Å². The van der Waals surface area contributed by atoms with E-state index in [2.05, 4.69) is 15.0 Å². The van der Waals surface area contributed by atoms with Crippen molar-refractivity contribution in [3.05, 3.63) is 60.7 Å². The number of nitrogens with one attached hydrogen (secondary N) is 1. The molecule has 0 aromatic carbocycles. The molecule has 0 aliphatic heterocycles. The minimum atomic E-state index is -4.10. The molecule has 3 N–H and O–H groups in total. The van der Waals surface area contributed by atoms with Crippen molar-refractivity contribution in [2.75, 3.05) is 0 Å². The first-order chi connectivity index (χ1) is 13.2. The van der Waals surface area contributed by atoms with Gasteiger partial charge in [-0.05, 0) is 18.2 Å². The molecule has 1 aliphatic rings. The smallest absolute Gasteiger partial charge is 0.282 e. The molecular weight excluding hydrogens is 376 g/mol. The third-order valence-electron chi connectivity index (χ3n) is 4.79. The van der Waals surface area contributed by atoms with Crippen molar-refractivity contribution in [1.29, 1.82) is 0 Å². The summed E-state index contributed by atoms with van der Waals surface area (Å²) in [6.07, 6.45) is 6.55. The molecule has 2 atom stereocenters. The normalized spacial score (nSPS) is 23.0. The summed E-state index contributed by atoms with van der Waals surface area (Å²) in [7, 11) is 0. The van der Waals surface area contributed by atoms with Crippen LogP contribution in [0.3, 0.4) is 0 Å². The largest absolute Gasteiger partial charge is 0.345 e. The Labute approximate surface area is 156 Å². The molecule has 28 heavy (non-hydrogen) atoms. The molecule has 3 aromatic heterocycles. The van der Waals surface area contributed by atoms with Gasteiger partial charge in [-0.3, -0.25) is 9.78 Å². The van der Waals surface area contributed by atoms with E-state index in [1.54, 1.807) is 24.5 Å². The summed E-state index contributed by atoms with van der Waals surface area (Å²) in [5.41, 5.74) is 6.45. The van der Waals surface area contributed by atoms with Gasteiger partial charge in [-0.1, -0.05) is 12.1 Å². The van der Waals surface area contributed by atoms with Gasteiger partial charge in [0.25, 0.3) is 11.8 Å². The summed E-state index contributed by atoms with van der Waals surface area (Å²) >= 11 is 0. The van der Waals surface area contributed by atoms with Gasteiger partial charge in [-0.2, -0.15) is 0 Å². The molecule has 3 heterocycles. The van der Waals surface area contributed by atoms with Crippen molar-refractivity contribution in [3.8, 4) is 11.1 Å². The Bertz CT molecular complexity index is 1080. The van der Waals surface area contributed by atoms with Crippen molar-refractivity contribution in [2.24, 2.45) is 11.7 Å². The molecule has 2 unspecified atom stereocenters. The lowest BCUT2D eigenvalue weighted by atomic mass is 9.79. The number of ketones is 1. The Kier molecular flexibility index (Phi) is 4.07. The van der Waals surface area contributed by atoms with Crippen LogP contribution in [0.1, 0.15) is 10.4 Å². The summed E-state index contributed by atoms with van der Waals surface area (Å²) in [6, 6.07) is 2.99. The SMILES string of the molecule is NC1C=CC(F)(F)C(C(=O)c2c[nH]c3ncc(-c4cccnc4)cc23)C1(F)F. The van der Waals surface area contributed by atoms with E-state index in [-0.39, 0.29) is 22.7 Å². The van der Waals surface area contributed by atoms with Gasteiger partial charge in [0.05, 0.1) is 6.04 Å². The topological polar surface area (TPSA) is 84.7 Å². The van der Waals surface area contributed by atoms with Crippen molar-refractivity contribution < 1.29 is 22.4 Å². The monoisotopic (exact) mass is 390 g/mol. The Morgan fingerprint density at radius 1 is 1.18 bits per heavy atom. The van der Waals surface area contributed by atoms with E-state index in [4.69, 9.17) is 5.73 Å². The molecule has 4 rings (SSSR count). The van der Waals surface area contributed by atoms with Gasteiger partial charge in [0.2, 0.25) is 0 Å². The standard InChI is InChI=1S/C19H14F4N4O/c20-18(21)4-3-14(24)19(22,23)16(18)15(28)13-9-27-17-12(13)6-11(8-26-17)10-2-1-5-25-7-10/h1-9,14,16H,24H2,(H,26,27). The lowest BCUT2D eigenvalue weighted by Gasteiger charge is -2.36. The first kappa shape index (κ1) is 18.3. The van der Waals surface area contributed by atoms with E-state index in [9.17, 15) is 22.4 Å². The van der Waals surface area contributed by atoms with Gasteiger partial charge in [0.15, 0.2) is 11.7 Å². The molecule has 0 saturated carbocycles. The lowest BCUT2D eigenvalue weighted by molar-refractivity contribution is -0.142. The second kappa shape index (κ2) is 6.23. The zero-order valence-corrected chi connectivity index (χ0v) is 14.2. The van der Waals surface area contributed by atoms with Crippen molar-refractivity contribution >= 4 is 16.8 Å². The fraction of sp³-hybridized carbons (Fsp3) is 0.211. The van der Waals surface area contributed by atoms with Crippen molar-refractivity contribution in [2.45, 2.75) is 17.9 Å². The highest BCUT2D eigenvalue weighted by Crippen LogP contribution is 2.45. The van der Waals surface area contributed by atoms with Crippen molar-refractivity contribution in [1.82, 2.24) is 15.0 Å². The van der Waals surface area contributed by atoms with Gasteiger partial charge in [-0.15, -0.1) is 0 Å². The number of fused-ring (bicyclic) bond motifs is 1. The highest BCUT2D eigenvalue weighted by atomic mass is 19.3. The number of hydrogen-bond acceptors (Lipinski definition) is 4. The zero-order chi connectivity index (χ0) is 20.1. The molecule has 0 spiro atoms. The van der Waals surface area contributed by atoms with E-state index in [1.165, 1.54) is 12.3 Å². The maximum absolute atomic E-state index is 14.4. The lowest BCUT2D eigenvalue weighted by Crippen LogP contribution is -2.57. The Morgan fingerprint density at radius 2 is 1.96 bits per heavy atom. The fourth-order valence-corrected chi connectivity index (χ4v) is 3.31. The number of rotatable bonds is 3. The van der Waals surface area contributed by atoms with E-state index in [1.807, 2.05) is 0 Å². The number of carbonyl (C=O) groups is 1. The molecular formula is C19H14F4N4O. The third kappa shape index (κ3) is 2.78. The number of nitrogens with two attached hydrogens (primary N) is 1. The number of pyridine rings is 2. The predicted molar refractivity (Wildman–Crippen MR) is 94.2 cm³/mol. The van der Waals surface area contributed by atoms with Crippen molar-refractivity contribution in [3.63, 3.8) is 0 Å². The van der Waals surface area contributed by atoms with Gasteiger partial charge in [0.1, 0.15) is 5.65 Å². The minimum absolute atomic E-state index is 0.168. The summed E-state index contributed by atoms with van der Waals surface area (Å²) in [5, 5.41) is 0.168. The van der Waals surface area contributed by atoms with E-state index < -0.39 is 29.6 Å². The molecule has 0 radical (unpaired) electrons. The molecule has 3 aromatic rings. The number of H-pyrrole nitrogens is 1. The number of aromatic amines is 1. The van der Waals surface area contributed by atoms with Crippen LogP contribution in [0.4, 0.5) is 17.6 Å². The average Bonchev–Trinajstić information content (AvgIpc) is 3.08. The Hall–Kier alpha value is -3.07. The van der Waals surface area contributed by atoms with E-state index in [0.717, 1.165) is 6.20 Å². The van der Waals surface area contributed by atoms with Crippen LogP contribution in [0.5, 0.6) is 0 Å². The van der Waals surface area contributed by atoms with Gasteiger partial charge < -0.3 is 10.7 Å². The number of allylic oxidation sites excluding steroid dienone is 1. The van der Waals surface area contributed by atoms with Crippen LogP contribution in [0.2, 0.25) is 0 Å². The number of hydrogen-bond donors (Lipinski definition) is 2. The van der Waals surface area contributed by atoms with Crippen LogP contribution in [0, 0.1) is 5.92 Å². The number of aromatic nitrogens is 3. The molecule has 0 saturated heterocycles. The number of Topliss-reactive ketones (excluding diaryl/α,β-unsaturated/α-hetero) is 1.